The number of aromatic nitrogens is 5. The van der Waals surface area contributed by atoms with Gasteiger partial charge in [0.15, 0.2) is 16.8 Å². The summed E-state index contributed by atoms with van der Waals surface area (Å²) in [5, 5.41) is 0.338. The fraction of sp³-hybridized carbons (Fsp3) is 0. The fourth-order valence-corrected chi connectivity index (χ4v) is 3.73. The largest absolute Gasteiger partial charge is 0.441 e. The summed E-state index contributed by atoms with van der Waals surface area (Å²) in [7, 11) is 0. The van der Waals surface area contributed by atoms with Gasteiger partial charge in [-0.25, -0.2) is 9.97 Å². The van der Waals surface area contributed by atoms with Gasteiger partial charge in [-0.1, -0.05) is 12.1 Å². The number of aromatic amines is 2. The van der Waals surface area contributed by atoms with Crippen LogP contribution in [0.15, 0.2) is 77.5 Å². The molecule has 7 heteroatoms. The van der Waals surface area contributed by atoms with Crippen molar-refractivity contribution < 1.29 is 4.42 Å². The third kappa shape index (κ3) is 2.86. The number of fused-ring (bicyclic) bond motifs is 2. The number of pyridine rings is 1. The Kier molecular flexibility index (Phi) is 3.72. The number of rotatable bonds is 3. The number of nitrogens with zero attached hydrogens (tertiary/aromatic N) is 3. The van der Waals surface area contributed by atoms with Crippen LogP contribution in [-0.2, 0) is 0 Å². The minimum atomic E-state index is 0.338. The molecule has 0 saturated carbocycles. The third-order valence-corrected chi connectivity index (χ3v) is 5.26. The molecule has 0 saturated heterocycles. The molecule has 0 atom stereocenters. The van der Waals surface area contributed by atoms with Gasteiger partial charge in [-0.05, 0) is 71.3 Å². The van der Waals surface area contributed by atoms with Crippen LogP contribution < -0.4 is 0 Å². The summed E-state index contributed by atoms with van der Waals surface area (Å²) >= 11 is 5.88. The Morgan fingerprint density at radius 3 is 1.93 bits per heavy atom. The van der Waals surface area contributed by atoms with E-state index in [4.69, 9.17) is 16.0 Å². The topological polar surface area (TPSA) is 83.4 Å². The van der Waals surface area contributed by atoms with E-state index in [9.17, 15) is 0 Å². The average Bonchev–Trinajstić information content (AvgIpc) is 3.50. The third-order valence-electron chi connectivity index (χ3n) is 5.06. The summed E-state index contributed by atoms with van der Waals surface area (Å²) < 4.78 is 5.46. The molecule has 6 aromatic rings. The summed E-state index contributed by atoms with van der Waals surface area (Å²) in [6.07, 6.45) is 3.52. The molecule has 30 heavy (non-hydrogen) atoms. The summed E-state index contributed by atoms with van der Waals surface area (Å²) in [4.78, 5) is 20.0. The highest BCUT2D eigenvalue weighted by Crippen LogP contribution is 2.30. The van der Waals surface area contributed by atoms with Gasteiger partial charge in [0, 0.05) is 18.0 Å². The Labute approximate surface area is 175 Å². The molecule has 0 aliphatic heterocycles. The average molecular weight is 412 g/mol. The highest BCUT2D eigenvalue weighted by atomic mass is 35.5. The van der Waals surface area contributed by atoms with Gasteiger partial charge in [0.25, 0.3) is 0 Å². The number of benzene rings is 2. The van der Waals surface area contributed by atoms with Gasteiger partial charge >= 0.3 is 0 Å². The van der Waals surface area contributed by atoms with Crippen LogP contribution in [0.4, 0.5) is 0 Å². The lowest BCUT2D eigenvalue weighted by molar-refractivity contribution is 0.580. The number of H-pyrrole nitrogens is 2. The molecule has 0 fully saturated rings. The van der Waals surface area contributed by atoms with Gasteiger partial charge in [0.05, 0.1) is 22.1 Å². The minimum absolute atomic E-state index is 0.338. The second kappa shape index (κ2) is 6.57. The van der Waals surface area contributed by atoms with Crippen molar-refractivity contribution in [2.75, 3.05) is 0 Å². The molecule has 0 spiro atoms. The van der Waals surface area contributed by atoms with Crippen LogP contribution in [0.1, 0.15) is 0 Å². The van der Waals surface area contributed by atoms with Crippen LogP contribution in [0.2, 0.25) is 5.22 Å². The zero-order valence-corrected chi connectivity index (χ0v) is 16.3. The minimum Gasteiger partial charge on any atom is -0.441 e. The Bertz CT molecular complexity index is 1510. The van der Waals surface area contributed by atoms with Crippen LogP contribution in [0, 0.1) is 0 Å². The normalized spacial score (nSPS) is 11.5. The molecule has 2 N–H and O–H groups in total. The first-order valence-electron chi connectivity index (χ1n) is 9.39. The van der Waals surface area contributed by atoms with Gasteiger partial charge in [-0.15, -0.1) is 0 Å². The smallest absolute Gasteiger partial charge is 0.194 e. The van der Waals surface area contributed by atoms with Crippen LogP contribution >= 0.6 is 11.6 Å². The highest BCUT2D eigenvalue weighted by Gasteiger charge is 2.11. The maximum Gasteiger partial charge on any atom is 0.194 e. The Hall–Kier alpha value is -3.90. The van der Waals surface area contributed by atoms with Crippen molar-refractivity contribution in [3.05, 3.63) is 78.3 Å². The molecule has 0 bridgehead atoms. The molecule has 0 amide bonds. The summed E-state index contributed by atoms with van der Waals surface area (Å²) in [6, 6.07) is 19.7. The van der Waals surface area contributed by atoms with Crippen molar-refractivity contribution in [1.29, 1.82) is 0 Å². The van der Waals surface area contributed by atoms with Crippen molar-refractivity contribution in [3.63, 3.8) is 0 Å². The van der Waals surface area contributed by atoms with E-state index in [0.29, 0.717) is 16.8 Å². The molecule has 6 rings (SSSR count). The summed E-state index contributed by atoms with van der Waals surface area (Å²) in [6.45, 7) is 0. The molecule has 0 aliphatic carbocycles. The van der Waals surface area contributed by atoms with E-state index >= 15 is 0 Å². The maximum atomic E-state index is 5.88. The Morgan fingerprint density at radius 1 is 0.667 bits per heavy atom. The van der Waals surface area contributed by atoms with Crippen LogP contribution in [0.25, 0.3) is 56.2 Å². The monoisotopic (exact) mass is 411 g/mol. The Morgan fingerprint density at radius 2 is 1.30 bits per heavy atom. The van der Waals surface area contributed by atoms with Crippen molar-refractivity contribution in [2.45, 2.75) is 0 Å². The number of imidazole rings is 2. The standard InChI is InChI=1S/C23H14ClN5O/c24-21-6-5-20(30-21)23-27-17-4-2-15(12-19(17)29-23)14-1-3-16-18(11-14)28-22(26-16)13-7-9-25-10-8-13/h1-12H,(H,26,28)(H,27,29). The molecule has 2 aromatic carbocycles. The van der Waals surface area contributed by atoms with E-state index in [0.717, 1.165) is 44.6 Å². The van der Waals surface area contributed by atoms with Crippen LogP contribution in [-0.4, -0.2) is 24.9 Å². The van der Waals surface area contributed by atoms with E-state index in [1.165, 1.54) is 0 Å². The number of furan rings is 1. The number of hydrogen-bond acceptors (Lipinski definition) is 4. The first kappa shape index (κ1) is 17.0. The zero-order valence-electron chi connectivity index (χ0n) is 15.6. The highest BCUT2D eigenvalue weighted by molar-refractivity contribution is 6.29. The zero-order chi connectivity index (χ0) is 20.1. The van der Waals surface area contributed by atoms with Crippen molar-refractivity contribution in [3.8, 4) is 34.1 Å². The number of hydrogen-bond donors (Lipinski definition) is 2. The SMILES string of the molecule is Clc1ccc(-c2nc3ccc(-c4ccc5nc(-c6ccncc6)[nH]c5c4)cc3[nH]2)o1. The number of halogens is 1. The van der Waals surface area contributed by atoms with E-state index in [1.54, 1.807) is 24.5 Å². The second-order valence-electron chi connectivity index (χ2n) is 6.97. The molecule has 144 valence electrons. The lowest BCUT2D eigenvalue weighted by Crippen LogP contribution is -1.80. The molecule has 4 heterocycles. The molecule has 6 nitrogen and oxygen atoms in total. The van der Waals surface area contributed by atoms with Gasteiger partial charge in [0.1, 0.15) is 5.82 Å². The summed E-state index contributed by atoms with van der Waals surface area (Å²) in [5.74, 6) is 2.09. The van der Waals surface area contributed by atoms with Crippen molar-refractivity contribution in [1.82, 2.24) is 24.9 Å². The van der Waals surface area contributed by atoms with E-state index < -0.39 is 0 Å². The molecule has 0 unspecified atom stereocenters. The predicted molar refractivity (Wildman–Crippen MR) is 117 cm³/mol. The Balaban J connectivity index is 1.40. The van der Waals surface area contributed by atoms with Crippen molar-refractivity contribution >= 4 is 33.7 Å². The van der Waals surface area contributed by atoms with Gasteiger partial charge in [-0.3, -0.25) is 4.98 Å². The van der Waals surface area contributed by atoms with Crippen LogP contribution in [0.3, 0.4) is 0 Å². The lowest BCUT2D eigenvalue weighted by Gasteiger charge is -2.01. The molecule has 0 radical (unpaired) electrons. The molecule has 0 aliphatic rings. The molecular formula is C23H14ClN5O. The van der Waals surface area contributed by atoms with Crippen molar-refractivity contribution in [2.24, 2.45) is 0 Å². The number of nitrogens with one attached hydrogen (secondary N) is 2. The van der Waals surface area contributed by atoms with Gasteiger partial charge in [-0.2, -0.15) is 0 Å². The van der Waals surface area contributed by atoms with E-state index in [1.807, 2.05) is 24.3 Å². The first-order chi connectivity index (χ1) is 14.7. The molecule has 4 aromatic heterocycles. The first-order valence-corrected chi connectivity index (χ1v) is 9.77. The fourth-order valence-electron chi connectivity index (χ4n) is 3.58. The van der Waals surface area contributed by atoms with E-state index in [2.05, 4.69) is 49.2 Å². The van der Waals surface area contributed by atoms with Gasteiger partial charge < -0.3 is 14.4 Å². The quantitative estimate of drug-likeness (QED) is 0.369. The second-order valence-corrected chi connectivity index (χ2v) is 7.35. The predicted octanol–water partition coefficient (Wildman–Crippen LogP) is 6.08. The van der Waals surface area contributed by atoms with Gasteiger partial charge in [0.2, 0.25) is 0 Å². The maximum absolute atomic E-state index is 5.88. The van der Waals surface area contributed by atoms with E-state index in [-0.39, 0.29) is 0 Å². The molecular weight excluding hydrogens is 398 g/mol. The lowest BCUT2D eigenvalue weighted by atomic mass is 10.0. The van der Waals surface area contributed by atoms with Crippen LogP contribution in [0.5, 0.6) is 0 Å². The summed E-state index contributed by atoms with van der Waals surface area (Å²) in [5.41, 5.74) is 6.87.